The second-order valence-corrected chi connectivity index (χ2v) is 2.82. The molecule has 0 rings (SSSR count). The Labute approximate surface area is 67.7 Å². The zero-order valence-electron chi connectivity index (χ0n) is 7.20. The SMILES string of the molecule is CCC(CC)C(O)C(O)CO. The zero-order chi connectivity index (χ0) is 8.85. The molecular weight excluding hydrogens is 144 g/mol. The van der Waals surface area contributed by atoms with Crippen molar-refractivity contribution in [3.63, 3.8) is 0 Å². The highest BCUT2D eigenvalue weighted by atomic mass is 16.4. The molecule has 0 aliphatic heterocycles. The topological polar surface area (TPSA) is 60.7 Å². The van der Waals surface area contributed by atoms with Gasteiger partial charge in [-0.15, -0.1) is 0 Å². The number of hydrogen-bond donors (Lipinski definition) is 3. The maximum absolute atomic E-state index is 9.37. The molecule has 0 aromatic heterocycles. The summed E-state index contributed by atoms with van der Waals surface area (Å²) in [6.07, 6.45) is -0.112. The first-order chi connectivity index (χ1) is 5.17. The van der Waals surface area contributed by atoms with Crippen molar-refractivity contribution in [2.75, 3.05) is 6.61 Å². The smallest absolute Gasteiger partial charge is 0.103 e. The van der Waals surface area contributed by atoms with E-state index in [4.69, 9.17) is 10.2 Å². The highest BCUT2D eigenvalue weighted by Gasteiger charge is 2.22. The summed E-state index contributed by atoms with van der Waals surface area (Å²) >= 11 is 0. The van der Waals surface area contributed by atoms with Crippen LogP contribution in [0, 0.1) is 5.92 Å². The van der Waals surface area contributed by atoms with Crippen LogP contribution in [0.25, 0.3) is 0 Å². The van der Waals surface area contributed by atoms with Crippen molar-refractivity contribution < 1.29 is 15.3 Å². The third kappa shape index (κ3) is 3.18. The lowest BCUT2D eigenvalue weighted by molar-refractivity contribution is -0.0446. The second-order valence-electron chi connectivity index (χ2n) is 2.82. The van der Waals surface area contributed by atoms with Gasteiger partial charge in [0.05, 0.1) is 12.7 Å². The van der Waals surface area contributed by atoms with Crippen LogP contribution in [0.5, 0.6) is 0 Å². The number of hydrogen-bond acceptors (Lipinski definition) is 3. The van der Waals surface area contributed by atoms with Gasteiger partial charge in [0, 0.05) is 0 Å². The van der Waals surface area contributed by atoms with Crippen molar-refractivity contribution in [1.29, 1.82) is 0 Å². The van der Waals surface area contributed by atoms with Crippen LogP contribution in [-0.4, -0.2) is 34.1 Å². The average molecular weight is 162 g/mol. The average Bonchev–Trinajstić information content (AvgIpc) is 2.05. The molecule has 3 N–H and O–H groups in total. The first-order valence-corrected chi connectivity index (χ1v) is 4.14. The lowest BCUT2D eigenvalue weighted by Gasteiger charge is -2.23. The maximum Gasteiger partial charge on any atom is 0.103 e. The van der Waals surface area contributed by atoms with E-state index in [0.29, 0.717) is 0 Å². The first kappa shape index (κ1) is 10.9. The summed E-state index contributed by atoms with van der Waals surface area (Å²) in [6, 6.07) is 0. The van der Waals surface area contributed by atoms with E-state index in [0.717, 1.165) is 12.8 Å². The van der Waals surface area contributed by atoms with Crippen LogP contribution in [-0.2, 0) is 0 Å². The van der Waals surface area contributed by atoms with Crippen LogP contribution in [0.3, 0.4) is 0 Å². The summed E-state index contributed by atoms with van der Waals surface area (Å²) < 4.78 is 0. The van der Waals surface area contributed by atoms with Gasteiger partial charge in [0.2, 0.25) is 0 Å². The molecule has 2 atom stereocenters. The molecule has 3 nitrogen and oxygen atoms in total. The van der Waals surface area contributed by atoms with Crippen LogP contribution >= 0.6 is 0 Å². The second kappa shape index (κ2) is 5.52. The highest BCUT2D eigenvalue weighted by molar-refractivity contribution is 4.73. The van der Waals surface area contributed by atoms with Crippen molar-refractivity contribution >= 4 is 0 Å². The first-order valence-electron chi connectivity index (χ1n) is 4.14. The Bertz CT molecular complexity index is 91.3. The summed E-state index contributed by atoms with van der Waals surface area (Å²) in [5.74, 6) is 0.0946. The molecule has 0 aromatic rings. The zero-order valence-corrected chi connectivity index (χ0v) is 7.20. The molecule has 0 bridgehead atoms. The minimum atomic E-state index is -0.986. The van der Waals surface area contributed by atoms with Gasteiger partial charge in [-0.2, -0.15) is 0 Å². The van der Waals surface area contributed by atoms with Crippen molar-refractivity contribution in [3.05, 3.63) is 0 Å². The van der Waals surface area contributed by atoms with Gasteiger partial charge < -0.3 is 15.3 Å². The number of rotatable bonds is 5. The summed E-state index contributed by atoms with van der Waals surface area (Å²) in [7, 11) is 0. The molecule has 0 fully saturated rings. The van der Waals surface area contributed by atoms with E-state index in [-0.39, 0.29) is 12.5 Å². The molecule has 0 saturated carbocycles. The molecule has 0 aliphatic carbocycles. The fraction of sp³-hybridized carbons (Fsp3) is 1.00. The number of aliphatic hydroxyl groups is 3. The lowest BCUT2D eigenvalue weighted by atomic mass is 9.93. The molecular formula is C8H18O3. The minimum absolute atomic E-state index is 0.0946. The Morgan fingerprint density at radius 3 is 1.82 bits per heavy atom. The van der Waals surface area contributed by atoms with Crippen LogP contribution in [0.4, 0.5) is 0 Å². The van der Waals surface area contributed by atoms with Crippen molar-refractivity contribution in [1.82, 2.24) is 0 Å². The summed E-state index contributed by atoms with van der Waals surface area (Å²) in [6.45, 7) is 3.56. The molecule has 0 aliphatic rings. The minimum Gasteiger partial charge on any atom is -0.394 e. The largest absolute Gasteiger partial charge is 0.394 e. The van der Waals surface area contributed by atoms with Crippen LogP contribution in [0.2, 0.25) is 0 Å². The Balaban J connectivity index is 3.86. The van der Waals surface area contributed by atoms with Crippen molar-refractivity contribution in [2.45, 2.75) is 38.9 Å². The van der Waals surface area contributed by atoms with E-state index < -0.39 is 12.2 Å². The van der Waals surface area contributed by atoms with Crippen LogP contribution in [0.1, 0.15) is 26.7 Å². The maximum atomic E-state index is 9.37. The van der Waals surface area contributed by atoms with E-state index in [2.05, 4.69) is 0 Å². The van der Waals surface area contributed by atoms with Gasteiger partial charge in [0.1, 0.15) is 6.10 Å². The molecule has 0 spiro atoms. The lowest BCUT2D eigenvalue weighted by Crippen LogP contribution is -2.35. The molecule has 2 unspecified atom stereocenters. The fourth-order valence-corrected chi connectivity index (χ4v) is 1.19. The van der Waals surface area contributed by atoms with E-state index in [1.54, 1.807) is 0 Å². The van der Waals surface area contributed by atoms with E-state index >= 15 is 0 Å². The molecule has 0 saturated heterocycles. The normalized spacial score (nSPS) is 16.9. The predicted octanol–water partition coefficient (Wildman–Crippen LogP) is 0.137. The van der Waals surface area contributed by atoms with Gasteiger partial charge in [-0.3, -0.25) is 0 Å². The van der Waals surface area contributed by atoms with E-state index in [1.165, 1.54) is 0 Å². The highest BCUT2D eigenvalue weighted by Crippen LogP contribution is 2.15. The van der Waals surface area contributed by atoms with Gasteiger partial charge in [-0.05, 0) is 5.92 Å². The molecule has 68 valence electrons. The monoisotopic (exact) mass is 162 g/mol. The standard InChI is InChI=1S/C8H18O3/c1-3-6(4-2)8(11)7(10)5-9/h6-11H,3-5H2,1-2H3. The van der Waals surface area contributed by atoms with E-state index in [1.807, 2.05) is 13.8 Å². The molecule has 3 heteroatoms. The van der Waals surface area contributed by atoms with E-state index in [9.17, 15) is 5.11 Å². The molecule has 0 heterocycles. The third-order valence-corrected chi connectivity index (χ3v) is 2.11. The van der Waals surface area contributed by atoms with Gasteiger partial charge in [-0.1, -0.05) is 26.7 Å². The summed E-state index contributed by atoms with van der Waals surface area (Å²) in [5.41, 5.74) is 0. The van der Waals surface area contributed by atoms with Crippen LogP contribution < -0.4 is 0 Å². The molecule has 11 heavy (non-hydrogen) atoms. The molecule has 0 amide bonds. The van der Waals surface area contributed by atoms with Gasteiger partial charge in [0.15, 0.2) is 0 Å². The van der Waals surface area contributed by atoms with Gasteiger partial charge >= 0.3 is 0 Å². The van der Waals surface area contributed by atoms with Gasteiger partial charge in [0.25, 0.3) is 0 Å². The quantitative estimate of drug-likeness (QED) is 0.539. The Kier molecular flexibility index (Phi) is 5.46. The van der Waals surface area contributed by atoms with Crippen molar-refractivity contribution in [3.8, 4) is 0 Å². The molecule has 0 aromatic carbocycles. The Morgan fingerprint density at radius 2 is 1.55 bits per heavy atom. The summed E-state index contributed by atoms with van der Waals surface area (Å²) in [5, 5.41) is 27.0. The number of aliphatic hydroxyl groups excluding tert-OH is 3. The van der Waals surface area contributed by atoms with Gasteiger partial charge in [-0.25, -0.2) is 0 Å². The predicted molar refractivity (Wildman–Crippen MR) is 43.2 cm³/mol. The molecule has 0 radical (unpaired) electrons. The fourth-order valence-electron chi connectivity index (χ4n) is 1.19. The van der Waals surface area contributed by atoms with Crippen LogP contribution in [0.15, 0.2) is 0 Å². The summed E-state index contributed by atoms with van der Waals surface area (Å²) in [4.78, 5) is 0. The Morgan fingerprint density at radius 1 is 1.09 bits per heavy atom. The van der Waals surface area contributed by atoms with Crippen molar-refractivity contribution in [2.24, 2.45) is 5.92 Å². The third-order valence-electron chi connectivity index (χ3n) is 2.11. The Hall–Kier alpha value is -0.120.